The molecule has 1 aliphatic rings. The van der Waals surface area contributed by atoms with E-state index in [0.29, 0.717) is 5.02 Å². The van der Waals surface area contributed by atoms with E-state index in [2.05, 4.69) is 17.4 Å². The van der Waals surface area contributed by atoms with Gasteiger partial charge < -0.3 is 14.8 Å². The molecule has 0 radical (unpaired) electrons. The molecule has 27 heavy (non-hydrogen) atoms. The van der Waals surface area contributed by atoms with Crippen molar-refractivity contribution in [1.29, 1.82) is 0 Å². The molecule has 0 amide bonds. The number of methoxy groups -OCH3 is 2. The highest BCUT2D eigenvalue weighted by molar-refractivity contribution is 6.30. The first-order chi connectivity index (χ1) is 13.2. The quantitative estimate of drug-likeness (QED) is 0.689. The Morgan fingerprint density at radius 2 is 1.89 bits per heavy atom. The number of rotatable bonds is 6. The van der Waals surface area contributed by atoms with Crippen LogP contribution in [0.5, 0.6) is 11.5 Å². The van der Waals surface area contributed by atoms with E-state index < -0.39 is 0 Å². The molecule has 3 aromatic rings. The van der Waals surface area contributed by atoms with Crippen LogP contribution < -0.4 is 14.8 Å². The summed E-state index contributed by atoms with van der Waals surface area (Å²) in [7, 11) is 3.34. The summed E-state index contributed by atoms with van der Waals surface area (Å²) in [6.07, 6.45) is 2.79. The topological polar surface area (TPSA) is 48.3 Å². The zero-order valence-corrected chi connectivity index (χ0v) is 16.2. The summed E-state index contributed by atoms with van der Waals surface area (Å²) in [6.45, 7) is 0.922. The standard InChI is InChI=1S/C21H22ClN3O2/c1-26-16-7-3-14(4-8-16)5-9-18-17-11-12-23-21(17)25(24-18)19-13-15(22)6-10-20(19)27-2/h3-4,6-8,10,13,23H,5,9,11-12H2,1-2H3. The molecule has 1 aliphatic heterocycles. The molecular weight excluding hydrogens is 362 g/mol. The molecule has 0 bridgehead atoms. The summed E-state index contributed by atoms with van der Waals surface area (Å²) in [5.41, 5.74) is 4.52. The first-order valence-electron chi connectivity index (χ1n) is 9.01. The maximum Gasteiger partial charge on any atom is 0.144 e. The van der Waals surface area contributed by atoms with Crippen LogP contribution in [-0.2, 0) is 19.3 Å². The molecule has 2 aromatic carbocycles. The lowest BCUT2D eigenvalue weighted by Gasteiger charge is -2.11. The first kappa shape index (κ1) is 17.7. The number of halogens is 1. The second-order valence-corrected chi connectivity index (χ2v) is 6.96. The normalized spacial score (nSPS) is 12.6. The highest BCUT2D eigenvalue weighted by Crippen LogP contribution is 2.34. The molecule has 4 rings (SSSR count). The van der Waals surface area contributed by atoms with Crippen molar-refractivity contribution in [3.05, 3.63) is 64.3 Å². The van der Waals surface area contributed by atoms with E-state index in [9.17, 15) is 0 Å². The van der Waals surface area contributed by atoms with E-state index in [0.717, 1.165) is 54.5 Å². The Morgan fingerprint density at radius 3 is 2.63 bits per heavy atom. The zero-order valence-electron chi connectivity index (χ0n) is 15.5. The smallest absolute Gasteiger partial charge is 0.144 e. The molecule has 1 N–H and O–H groups in total. The van der Waals surface area contributed by atoms with Crippen LogP contribution in [0, 0.1) is 0 Å². The van der Waals surface area contributed by atoms with E-state index >= 15 is 0 Å². The summed E-state index contributed by atoms with van der Waals surface area (Å²) >= 11 is 6.22. The van der Waals surface area contributed by atoms with Crippen molar-refractivity contribution >= 4 is 17.4 Å². The minimum Gasteiger partial charge on any atom is -0.497 e. The van der Waals surface area contributed by atoms with Gasteiger partial charge in [-0.2, -0.15) is 5.10 Å². The zero-order chi connectivity index (χ0) is 18.8. The number of aryl methyl sites for hydroxylation is 2. The highest BCUT2D eigenvalue weighted by Gasteiger charge is 2.24. The molecule has 6 heteroatoms. The van der Waals surface area contributed by atoms with E-state index in [4.69, 9.17) is 26.2 Å². The molecule has 0 saturated heterocycles. The van der Waals surface area contributed by atoms with Gasteiger partial charge in [0.15, 0.2) is 0 Å². The molecule has 1 aromatic heterocycles. The molecule has 0 atom stereocenters. The van der Waals surface area contributed by atoms with Gasteiger partial charge in [0.25, 0.3) is 0 Å². The van der Waals surface area contributed by atoms with E-state index in [-0.39, 0.29) is 0 Å². The molecule has 0 aliphatic carbocycles. The molecule has 140 valence electrons. The van der Waals surface area contributed by atoms with Crippen LogP contribution in [0.3, 0.4) is 0 Å². The Morgan fingerprint density at radius 1 is 1.07 bits per heavy atom. The van der Waals surface area contributed by atoms with Gasteiger partial charge in [0.1, 0.15) is 23.0 Å². The van der Waals surface area contributed by atoms with E-state index in [1.165, 1.54) is 11.1 Å². The molecule has 2 heterocycles. The Hall–Kier alpha value is -2.66. The number of hydrogen-bond donors (Lipinski definition) is 1. The van der Waals surface area contributed by atoms with Gasteiger partial charge in [-0.15, -0.1) is 0 Å². The molecule has 0 spiro atoms. The predicted octanol–water partition coefficient (Wildman–Crippen LogP) is 4.30. The lowest BCUT2D eigenvalue weighted by molar-refractivity contribution is 0.412. The monoisotopic (exact) mass is 383 g/mol. The summed E-state index contributed by atoms with van der Waals surface area (Å²) in [5, 5.41) is 9.01. The molecule has 0 fully saturated rings. The second-order valence-electron chi connectivity index (χ2n) is 6.53. The van der Waals surface area contributed by atoms with Crippen LogP contribution in [0.2, 0.25) is 5.02 Å². The number of anilines is 1. The third kappa shape index (κ3) is 3.47. The number of ether oxygens (including phenoxy) is 2. The van der Waals surface area contributed by atoms with Gasteiger partial charge >= 0.3 is 0 Å². The number of nitrogens with zero attached hydrogens (tertiary/aromatic N) is 2. The average molecular weight is 384 g/mol. The van der Waals surface area contributed by atoms with Crippen LogP contribution in [-0.4, -0.2) is 30.5 Å². The van der Waals surface area contributed by atoms with Gasteiger partial charge in [-0.1, -0.05) is 23.7 Å². The van der Waals surface area contributed by atoms with Crippen molar-refractivity contribution < 1.29 is 9.47 Å². The van der Waals surface area contributed by atoms with E-state index in [1.54, 1.807) is 14.2 Å². The van der Waals surface area contributed by atoms with Gasteiger partial charge in [0.05, 0.1) is 19.9 Å². The van der Waals surface area contributed by atoms with Crippen molar-refractivity contribution in [1.82, 2.24) is 9.78 Å². The largest absolute Gasteiger partial charge is 0.497 e. The summed E-state index contributed by atoms with van der Waals surface area (Å²) < 4.78 is 12.7. The number of nitrogens with one attached hydrogen (secondary N) is 1. The fourth-order valence-electron chi connectivity index (χ4n) is 3.50. The van der Waals surface area contributed by atoms with Crippen molar-refractivity contribution in [2.24, 2.45) is 0 Å². The Bertz CT molecular complexity index is 951. The summed E-state index contributed by atoms with van der Waals surface area (Å²) in [5.74, 6) is 2.67. The molecule has 0 saturated carbocycles. The summed E-state index contributed by atoms with van der Waals surface area (Å²) in [4.78, 5) is 0. The van der Waals surface area contributed by atoms with Crippen LogP contribution >= 0.6 is 11.6 Å². The Labute approximate surface area is 163 Å². The lowest BCUT2D eigenvalue weighted by Crippen LogP contribution is -2.06. The second kappa shape index (κ2) is 7.53. The van der Waals surface area contributed by atoms with Gasteiger partial charge in [0.2, 0.25) is 0 Å². The summed E-state index contributed by atoms with van der Waals surface area (Å²) in [6, 6.07) is 13.8. The number of hydrogen-bond acceptors (Lipinski definition) is 4. The third-order valence-electron chi connectivity index (χ3n) is 4.91. The average Bonchev–Trinajstić information content (AvgIpc) is 3.30. The predicted molar refractivity (Wildman–Crippen MR) is 108 cm³/mol. The maximum atomic E-state index is 6.22. The lowest BCUT2D eigenvalue weighted by atomic mass is 10.1. The van der Waals surface area contributed by atoms with Gasteiger partial charge in [-0.05, 0) is 55.2 Å². The fourth-order valence-corrected chi connectivity index (χ4v) is 3.67. The number of aromatic nitrogens is 2. The minimum absolute atomic E-state index is 0.660. The van der Waals surface area contributed by atoms with Gasteiger partial charge in [-0.25, -0.2) is 4.68 Å². The van der Waals surface area contributed by atoms with Gasteiger partial charge in [-0.3, -0.25) is 0 Å². The SMILES string of the molecule is COc1ccc(CCc2nn(-c3cc(Cl)ccc3OC)c3c2CCN3)cc1. The van der Waals surface area contributed by atoms with Crippen molar-refractivity contribution in [2.75, 3.05) is 26.1 Å². The Balaban J connectivity index is 1.64. The van der Waals surface area contributed by atoms with Crippen LogP contribution in [0.4, 0.5) is 5.82 Å². The number of benzene rings is 2. The van der Waals surface area contributed by atoms with Crippen LogP contribution in [0.15, 0.2) is 42.5 Å². The van der Waals surface area contributed by atoms with Crippen LogP contribution in [0.25, 0.3) is 5.69 Å². The van der Waals surface area contributed by atoms with E-state index in [1.807, 2.05) is 35.0 Å². The van der Waals surface area contributed by atoms with Gasteiger partial charge in [0, 0.05) is 17.1 Å². The molecule has 5 nitrogen and oxygen atoms in total. The first-order valence-corrected chi connectivity index (χ1v) is 9.39. The number of fused-ring (bicyclic) bond motifs is 1. The van der Waals surface area contributed by atoms with Crippen molar-refractivity contribution in [2.45, 2.75) is 19.3 Å². The Kier molecular flexibility index (Phi) is 4.94. The van der Waals surface area contributed by atoms with Crippen LogP contribution in [0.1, 0.15) is 16.8 Å². The third-order valence-corrected chi connectivity index (χ3v) is 5.15. The molecule has 0 unspecified atom stereocenters. The minimum atomic E-state index is 0.660. The maximum absolute atomic E-state index is 6.22. The van der Waals surface area contributed by atoms with Crippen molar-refractivity contribution in [3.8, 4) is 17.2 Å². The highest BCUT2D eigenvalue weighted by atomic mass is 35.5. The van der Waals surface area contributed by atoms with Crippen molar-refractivity contribution in [3.63, 3.8) is 0 Å². The molecular formula is C21H22ClN3O2. The fraction of sp³-hybridized carbons (Fsp3) is 0.286.